The highest BCUT2D eigenvalue weighted by Gasteiger charge is 2.28. The third-order valence-electron chi connectivity index (χ3n) is 4.20. The molecule has 3 heteroatoms. The molecule has 0 radical (unpaired) electrons. The van der Waals surface area contributed by atoms with Crippen LogP contribution in [0.2, 0.25) is 0 Å². The third-order valence-corrected chi connectivity index (χ3v) is 4.20. The van der Waals surface area contributed by atoms with Gasteiger partial charge in [-0.25, -0.2) is 4.39 Å². The van der Waals surface area contributed by atoms with Crippen LogP contribution in [0.3, 0.4) is 0 Å². The summed E-state index contributed by atoms with van der Waals surface area (Å²) in [5, 5.41) is 3.37. The Kier molecular flexibility index (Phi) is 4.94. The predicted octanol–water partition coefficient (Wildman–Crippen LogP) is 3.13. The minimum atomic E-state index is -0.0520. The van der Waals surface area contributed by atoms with Crippen LogP contribution >= 0.6 is 0 Å². The Morgan fingerprint density at radius 1 is 1.32 bits per heavy atom. The minimum Gasteiger partial charge on any atom is -0.314 e. The van der Waals surface area contributed by atoms with E-state index in [1.807, 2.05) is 19.1 Å². The van der Waals surface area contributed by atoms with Gasteiger partial charge in [0, 0.05) is 37.8 Å². The van der Waals surface area contributed by atoms with Crippen LogP contribution in [-0.4, -0.2) is 31.1 Å². The molecule has 0 aromatic heterocycles. The van der Waals surface area contributed by atoms with Gasteiger partial charge in [0.15, 0.2) is 0 Å². The largest absolute Gasteiger partial charge is 0.314 e. The van der Waals surface area contributed by atoms with Gasteiger partial charge >= 0.3 is 0 Å². The Balaban J connectivity index is 2.30. The molecule has 0 aliphatic carbocycles. The highest BCUT2D eigenvalue weighted by molar-refractivity contribution is 5.27. The summed E-state index contributed by atoms with van der Waals surface area (Å²) >= 11 is 0. The van der Waals surface area contributed by atoms with Crippen molar-refractivity contribution in [3.05, 3.63) is 35.1 Å². The summed E-state index contributed by atoms with van der Waals surface area (Å²) in [6.07, 6.45) is 1.07. The van der Waals surface area contributed by atoms with Gasteiger partial charge in [-0.05, 0) is 24.5 Å². The molecule has 1 heterocycles. The molecule has 106 valence electrons. The number of hydrogen-bond donors (Lipinski definition) is 1. The Morgan fingerprint density at radius 2 is 2.00 bits per heavy atom. The first kappa shape index (κ1) is 14.5. The predicted molar refractivity (Wildman–Crippen MR) is 77.8 cm³/mol. The number of rotatable bonds is 4. The van der Waals surface area contributed by atoms with E-state index in [1.165, 1.54) is 0 Å². The second kappa shape index (κ2) is 6.49. The SMILES string of the molecule is CCC(C)[C@@H](c1ccc(C)cc1F)N1CCNCC1. The average molecular weight is 264 g/mol. The number of nitrogens with zero attached hydrogens (tertiary/aromatic N) is 1. The van der Waals surface area contributed by atoms with E-state index in [-0.39, 0.29) is 11.9 Å². The summed E-state index contributed by atoms with van der Waals surface area (Å²) in [7, 11) is 0. The van der Waals surface area contributed by atoms with Crippen molar-refractivity contribution in [1.29, 1.82) is 0 Å². The third kappa shape index (κ3) is 3.34. The highest BCUT2D eigenvalue weighted by atomic mass is 19.1. The molecule has 1 fully saturated rings. The molecule has 1 saturated heterocycles. The number of benzene rings is 1. The Labute approximate surface area is 116 Å². The molecule has 1 aliphatic rings. The molecule has 1 aromatic carbocycles. The normalized spacial score (nSPS) is 20.2. The van der Waals surface area contributed by atoms with Crippen molar-refractivity contribution >= 4 is 0 Å². The van der Waals surface area contributed by atoms with E-state index in [2.05, 4.69) is 24.1 Å². The van der Waals surface area contributed by atoms with Crippen LogP contribution in [0.5, 0.6) is 0 Å². The van der Waals surface area contributed by atoms with Crippen LogP contribution in [0.15, 0.2) is 18.2 Å². The molecule has 2 rings (SSSR count). The van der Waals surface area contributed by atoms with Gasteiger partial charge in [0.05, 0.1) is 0 Å². The number of halogens is 1. The first-order valence-corrected chi connectivity index (χ1v) is 7.34. The van der Waals surface area contributed by atoms with E-state index < -0.39 is 0 Å². The van der Waals surface area contributed by atoms with Gasteiger partial charge < -0.3 is 5.32 Å². The number of aryl methyl sites for hydroxylation is 1. The van der Waals surface area contributed by atoms with Crippen molar-refractivity contribution in [1.82, 2.24) is 10.2 Å². The molecule has 0 bridgehead atoms. The van der Waals surface area contributed by atoms with Crippen LogP contribution in [0.25, 0.3) is 0 Å². The van der Waals surface area contributed by atoms with Crippen molar-refractivity contribution in [2.45, 2.75) is 33.2 Å². The summed E-state index contributed by atoms with van der Waals surface area (Å²) in [6.45, 7) is 10.4. The minimum absolute atomic E-state index is 0.0520. The maximum atomic E-state index is 14.3. The van der Waals surface area contributed by atoms with E-state index >= 15 is 0 Å². The molecular weight excluding hydrogens is 239 g/mol. The van der Waals surface area contributed by atoms with Crippen molar-refractivity contribution in [2.24, 2.45) is 5.92 Å². The zero-order valence-corrected chi connectivity index (χ0v) is 12.2. The van der Waals surface area contributed by atoms with Crippen LogP contribution in [0.4, 0.5) is 4.39 Å². The Bertz CT molecular complexity index is 413. The lowest BCUT2D eigenvalue weighted by atomic mass is 9.89. The topological polar surface area (TPSA) is 15.3 Å². The zero-order valence-electron chi connectivity index (χ0n) is 12.2. The molecule has 2 atom stereocenters. The fraction of sp³-hybridized carbons (Fsp3) is 0.625. The number of nitrogens with one attached hydrogen (secondary N) is 1. The summed E-state index contributed by atoms with van der Waals surface area (Å²) in [5.74, 6) is 0.416. The molecule has 19 heavy (non-hydrogen) atoms. The smallest absolute Gasteiger partial charge is 0.128 e. The van der Waals surface area contributed by atoms with Gasteiger partial charge in [-0.2, -0.15) is 0 Å². The van der Waals surface area contributed by atoms with Crippen LogP contribution < -0.4 is 5.32 Å². The van der Waals surface area contributed by atoms with E-state index in [1.54, 1.807) is 6.07 Å². The molecule has 1 N–H and O–H groups in total. The summed E-state index contributed by atoms with van der Waals surface area (Å²) in [6, 6.07) is 5.86. The lowest BCUT2D eigenvalue weighted by molar-refractivity contribution is 0.125. The highest BCUT2D eigenvalue weighted by Crippen LogP contribution is 2.32. The van der Waals surface area contributed by atoms with Gasteiger partial charge in [0.1, 0.15) is 5.82 Å². The van der Waals surface area contributed by atoms with E-state index in [0.717, 1.165) is 43.7 Å². The molecule has 2 nitrogen and oxygen atoms in total. The maximum absolute atomic E-state index is 14.3. The van der Waals surface area contributed by atoms with Crippen LogP contribution in [-0.2, 0) is 0 Å². The van der Waals surface area contributed by atoms with E-state index in [0.29, 0.717) is 5.92 Å². The van der Waals surface area contributed by atoms with Crippen molar-refractivity contribution < 1.29 is 4.39 Å². The first-order chi connectivity index (χ1) is 9.13. The second-order valence-corrected chi connectivity index (χ2v) is 5.64. The van der Waals surface area contributed by atoms with Crippen LogP contribution in [0, 0.1) is 18.7 Å². The van der Waals surface area contributed by atoms with Crippen LogP contribution in [0.1, 0.15) is 37.4 Å². The first-order valence-electron chi connectivity index (χ1n) is 7.34. The Morgan fingerprint density at radius 3 is 2.58 bits per heavy atom. The van der Waals surface area contributed by atoms with Gasteiger partial charge in [-0.3, -0.25) is 4.90 Å². The van der Waals surface area contributed by atoms with Gasteiger partial charge in [-0.1, -0.05) is 32.4 Å². The van der Waals surface area contributed by atoms with Gasteiger partial charge in [-0.15, -0.1) is 0 Å². The average Bonchev–Trinajstić information content (AvgIpc) is 2.42. The summed E-state index contributed by atoms with van der Waals surface area (Å²) in [5.41, 5.74) is 1.85. The van der Waals surface area contributed by atoms with Crippen molar-refractivity contribution in [3.8, 4) is 0 Å². The molecule has 0 amide bonds. The maximum Gasteiger partial charge on any atom is 0.128 e. The molecular formula is C16H25FN2. The van der Waals surface area contributed by atoms with E-state index in [9.17, 15) is 4.39 Å². The quantitative estimate of drug-likeness (QED) is 0.899. The lowest BCUT2D eigenvalue weighted by Crippen LogP contribution is -2.46. The standard InChI is InChI=1S/C16H25FN2/c1-4-13(3)16(19-9-7-18-8-10-19)14-6-5-12(2)11-15(14)17/h5-6,11,13,16,18H,4,7-10H2,1-3H3/t13?,16-/m0/s1. The molecule has 0 spiro atoms. The van der Waals surface area contributed by atoms with E-state index in [4.69, 9.17) is 0 Å². The monoisotopic (exact) mass is 264 g/mol. The summed E-state index contributed by atoms with van der Waals surface area (Å²) < 4.78 is 14.3. The molecule has 1 aliphatic heterocycles. The zero-order chi connectivity index (χ0) is 13.8. The molecule has 0 saturated carbocycles. The van der Waals surface area contributed by atoms with Crippen molar-refractivity contribution in [2.75, 3.05) is 26.2 Å². The molecule has 1 aromatic rings. The van der Waals surface area contributed by atoms with Crippen molar-refractivity contribution in [3.63, 3.8) is 0 Å². The summed E-state index contributed by atoms with van der Waals surface area (Å²) in [4.78, 5) is 2.43. The second-order valence-electron chi connectivity index (χ2n) is 5.64. The van der Waals surface area contributed by atoms with Gasteiger partial charge in [0.2, 0.25) is 0 Å². The van der Waals surface area contributed by atoms with Gasteiger partial charge in [0.25, 0.3) is 0 Å². The Hall–Kier alpha value is -0.930. The molecule has 1 unspecified atom stereocenters. The fourth-order valence-electron chi connectivity index (χ4n) is 2.92. The number of piperazine rings is 1. The lowest BCUT2D eigenvalue weighted by Gasteiger charge is -2.38. The number of hydrogen-bond acceptors (Lipinski definition) is 2. The fourth-order valence-corrected chi connectivity index (χ4v) is 2.92.